The molecular weight excluding hydrogens is 218 g/mol. The first kappa shape index (κ1) is 14.5. The van der Waals surface area contributed by atoms with E-state index in [9.17, 15) is 4.79 Å². The smallest absolute Gasteiger partial charge is 0.325 e. The summed E-state index contributed by atoms with van der Waals surface area (Å²) < 4.78 is 10.8. The van der Waals surface area contributed by atoms with Crippen molar-refractivity contribution in [3.05, 3.63) is 0 Å². The Balaban J connectivity index is 2.63. The molecule has 0 bridgehead atoms. The fourth-order valence-corrected chi connectivity index (χ4v) is 2.28. The average molecular weight is 243 g/mol. The van der Waals surface area contributed by atoms with Crippen LogP contribution >= 0.6 is 0 Å². The second-order valence-electron chi connectivity index (χ2n) is 5.60. The number of carbonyl (C=O) groups is 1. The number of methoxy groups -OCH3 is 1. The van der Waals surface area contributed by atoms with E-state index < -0.39 is 5.54 Å². The molecule has 2 unspecified atom stereocenters. The van der Waals surface area contributed by atoms with Gasteiger partial charge in [-0.1, -0.05) is 6.92 Å². The lowest BCUT2D eigenvalue weighted by atomic mass is 9.80. The van der Waals surface area contributed by atoms with E-state index in [0.717, 1.165) is 19.3 Å². The van der Waals surface area contributed by atoms with Gasteiger partial charge in [-0.15, -0.1) is 0 Å². The van der Waals surface area contributed by atoms with E-state index in [1.807, 2.05) is 0 Å². The summed E-state index contributed by atoms with van der Waals surface area (Å²) in [6.45, 7) is 6.23. The van der Waals surface area contributed by atoms with Crippen LogP contribution in [0.25, 0.3) is 0 Å². The van der Waals surface area contributed by atoms with Crippen LogP contribution in [-0.2, 0) is 14.3 Å². The van der Waals surface area contributed by atoms with Gasteiger partial charge in [-0.3, -0.25) is 4.79 Å². The molecule has 4 heteroatoms. The van der Waals surface area contributed by atoms with Gasteiger partial charge in [0.25, 0.3) is 0 Å². The van der Waals surface area contributed by atoms with Gasteiger partial charge < -0.3 is 15.2 Å². The molecule has 4 nitrogen and oxygen atoms in total. The van der Waals surface area contributed by atoms with Gasteiger partial charge in [-0.25, -0.2) is 0 Å². The van der Waals surface area contributed by atoms with Crippen LogP contribution in [0, 0.1) is 0 Å². The summed E-state index contributed by atoms with van der Waals surface area (Å²) in [5.41, 5.74) is 5.10. The van der Waals surface area contributed by atoms with E-state index in [1.165, 1.54) is 7.11 Å². The van der Waals surface area contributed by atoms with Crippen molar-refractivity contribution in [2.24, 2.45) is 5.73 Å². The van der Waals surface area contributed by atoms with Crippen LogP contribution in [0.3, 0.4) is 0 Å². The van der Waals surface area contributed by atoms with Crippen molar-refractivity contribution >= 4 is 5.97 Å². The highest BCUT2D eigenvalue weighted by atomic mass is 16.5. The molecule has 0 heterocycles. The Bertz CT molecular complexity index is 278. The molecule has 0 saturated heterocycles. The Kier molecular flexibility index (Phi) is 4.55. The molecule has 1 aliphatic carbocycles. The van der Waals surface area contributed by atoms with Gasteiger partial charge in [0.05, 0.1) is 18.8 Å². The average Bonchev–Trinajstić information content (AvgIpc) is 2.27. The Morgan fingerprint density at radius 3 is 2.71 bits per heavy atom. The molecule has 2 N–H and O–H groups in total. The standard InChI is InChI=1S/C13H25NO3/c1-5-12(2,3)17-10-7-6-8-13(14,9-10)11(15)16-4/h10H,5-9,14H2,1-4H3. The highest BCUT2D eigenvalue weighted by molar-refractivity contribution is 5.80. The van der Waals surface area contributed by atoms with Gasteiger partial charge >= 0.3 is 5.97 Å². The maximum absolute atomic E-state index is 11.7. The molecule has 100 valence electrons. The number of hydrogen-bond acceptors (Lipinski definition) is 4. The topological polar surface area (TPSA) is 61.5 Å². The van der Waals surface area contributed by atoms with Gasteiger partial charge in [-0.05, 0) is 39.5 Å². The summed E-state index contributed by atoms with van der Waals surface area (Å²) in [4.78, 5) is 11.7. The summed E-state index contributed by atoms with van der Waals surface area (Å²) in [5.74, 6) is -0.319. The molecular formula is C13H25NO3. The molecule has 1 fully saturated rings. The predicted octanol–water partition coefficient (Wildman–Crippen LogP) is 2.00. The zero-order valence-corrected chi connectivity index (χ0v) is 11.4. The molecule has 0 aromatic carbocycles. The molecule has 1 aliphatic rings. The van der Waals surface area contributed by atoms with Crippen molar-refractivity contribution in [2.75, 3.05) is 7.11 Å². The molecule has 0 aromatic heterocycles. The Hall–Kier alpha value is -0.610. The maximum Gasteiger partial charge on any atom is 0.325 e. The number of ether oxygens (including phenoxy) is 2. The Morgan fingerprint density at radius 1 is 1.53 bits per heavy atom. The minimum absolute atomic E-state index is 0.0581. The fraction of sp³-hybridized carbons (Fsp3) is 0.923. The zero-order valence-electron chi connectivity index (χ0n) is 11.4. The highest BCUT2D eigenvalue weighted by Gasteiger charge is 2.41. The van der Waals surface area contributed by atoms with Crippen LogP contribution in [-0.4, -0.2) is 30.3 Å². The minimum atomic E-state index is -0.860. The number of rotatable bonds is 4. The van der Waals surface area contributed by atoms with Gasteiger partial charge in [0.2, 0.25) is 0 Å². The van der Waals surface area contributed by atoms with Crippen molar-refractivity contribution in [3.63, 3.8) is 0 Å². The van der Waals surface area contributed by atoms with Crippen molar-refractivity contribution in [1.82, 2.24) is 0 Å². The Morgan fingerprint density at radius 2 is 2.18 bits per heavy atom. The Labute approximate surface area is 104 Å². The van der Waals surface area contributed by atoms with Crippen molar-refractivity contribution in [2.45, 2.75) is 70.1 Å². The van der Waals surface area contributed by atoms with Crippen LogP contribution in [0.1, 0.15) is 52.9 Å². The van der Waals surface area contributed by atoms with E-state index in [0.29, 0.717) is 12.8 Å². The fourth-order valence-electron chi connectivity index (χ4n) is 2.28. The second kappa shape index (κ2) is 5.36. The largest absolute Gasteiger partial charge is 0.468 e. The third-order valence-corrected chi connectivity index (χ3v) is 3.67. The van der Waals surface area contributed by atoms with Crippen LogP contribution in [0.5, 0.6) is 0 Å². The molecule has 0 amide bonds. The zero-order chi connectivity index (χ0) is 13.1. The van der Waals surface area contributed by atoms with E-state index in [-0.39, 0.29) is 17.7 Å². The lowest BCUT2D eigenvalue weighted by molar-refractivity contribution is -0.154. The molecule has 0 radical (unpaired) electrons. The SMILES string of the molecule is CCC(C)(C)OC1CCCC(N)(C(=O)OC)C1. The number of hydrogen-bond donors (Lipinski definition) is 1. The molecule has 0 aliphatic heterocycles. The molecule has 2 atom stereocenters. The normalized spacial score (nSPS) is 30.1. The number of carbonyl (C=O) groups excluding carboxylic acids is 1. The predicted molar refractivity (Wildman–Crippen MR) is 66.6 cm³/mol. The van der Waals surface area contributed by atoms with Gasteiger partial charge in [0, 0.05) is 6.42 Å². The second-order valence-corrected chi connectivity index (χ2v) is 5.60. The molecule has 0 aromatic rings. The summed E-state index contributed by atoms with van der Waals surface area (Å²) in [5, 5.41) is 0. The van der Waals surface area contributed by atoms with Crippen LogP contribution in [0.4, 0.5) is 0 Å². The van der Waals surface area contributed by atoms with E-state index in [4.69, 9.17) is 15.2 Å². The van der Waals surface area contributed by atoms with Crippen molar-refractivity contribution in [1.29, 1.82) is 0 Å². The monoisotopic (exact) mass is 243 g/mol. The molecule has 17 heavy (non-hydrogen) atoms. The molecule has 0 spiro atoms. The number of nitrogens with two attached hydrogens (primary N) is 1. The van der Waals surface area contributed by atoms with Gasteiger partial charge in [0.15, 0.2) is 0 Å². The first-order chi connectivity index (χ1) is 7.83. The van der Waals surface area contributed by atoms with E-state index >= 15 is 0 Å². The maximum atomic E-state index is 11.7. The van der Waals surface area contributed by atoms with Gasteiger partial charge in [0.1, 0.15) is 5.54 Å². The van der Waals surface area contributed by atoms with Crippen LogP contribution < -0.4 is 5.73 Å². The lowest BCUT2D eigenvalue weighted by Crippen LogP contribution is -2.54. The van der Waals surface area contributed by atoms with Crippen molar-refractivity contribution in [3.8, 4) is 0 Å². The van der Waals surface area contributed by atoms with E-state index in [1.54, 1.807) is 0 Å². The van der Waals surface area contributed by atoms with Crippen molar-refractivity contribution < 1.29 is 14.3 Å². The summed E-state index contributed by atoms with van der Waals surface area (Å²) in [6, 6.07) is 0. The first-order valence-corrected chi connectivity index (χ1v) is 6.38. The summed E-state index contributed by atoms with van der Waals surface area (Å²) in [6.07, 6.45) is 4.13. The highest BCUT2D eigenvalue weighted by Crippen LogP contribution is 2.32. The summed E-state index contributed by atoms with van der Waals surface area (Å²) >= 11 is 0. The van der Waals surface area contributed by atoms with Gasteiger partial charge in [-0.2, -0.15) is 0 Å². The molecule has 1 rings (SSSR count). The van der Waals surface area contributed by atoms with Crippen LogP contribution in [0.15, 0.2) is 0 Å². The third kappa shape index (κ3) is 3.68. The van der Waals surface area contributed by atoms with Crippen LogP contribution in [0.2, 0.25) is 0 Å². The van der Waals surface area contributed by atoms with E-state index in [2.05, 4.69) is 20.8 Å². The minimum Gasteiger partial charge on any atom is -0.468 e. The number of esters is 1. The summed E-state index contributed by atoms with van der Waals surface area (Å²) in [7, 11) is 1.39. The first-order valence-electron chi connectivity index (χ1n) is 6.38. The third-order valence-electron chi connectivity index (χ3n) is 3.67. The lowest BCUT2D eigenvalue weighted by Gasteiger charge is -2.39. The quantitative estimate of drug-likeness (QED) is 0.767. The molecule has 1 saturated carbocycles.